The lowest BCUT2D eigenvalue weighted by Gasteiger charge is -2.24. The van der Waals surface area contributed by atoms with Gasteiger partial charge in [0, 0.05) is 21.8 Å². The number of hydrogen-bond acceptors (Lipinski definition) is 7. The lowest BCUT2D eigenvalue weighted by molar-refractivity contribution is 0.0493. The maximum atomic E-state index is 12.1. The van der Waals surface area contributed by atoms with Crippen LogP contribution in [0.4, 0.5) is 4.79 Å². The zero-order chi connectivity index (χ0) is 21.9. The SMILES string of the molecule is CCn1nnnc1C(NCCCC1(NC(=O)OC(C)(C)C)CC1)c1sc(C)cc1C. The van der Waals surface area contributed by atoms with E-state index in [9.17, 15) is 4.79 Å². The molecule has 0 radical (unpaired) electrons. The van der Waals surface area contributed by atoms with Crippen molar-refractivity contribution in [2.75, 3.05) is 6.54 Å². The fourth-order valence-corrected chi connectivity index (χ4v) is 4.78. The van der Waals surface area contributed by atoms with E-state index in [-0.39, 0.29) is 17.7 Å². The minimum atomic E-state index is -0.477. The highest BCUT2D eigenvalue weighted by Gasteiger charge is 2.44. The highest BCUT2D eigenvalue weighted by atomic mass is 32.1. The molecule has 1 aliphatic rings. The summed E-state index contributed by atoms with van der Waals surface area (Å²) in [4.78, 5) is 14.7. The van der Waals surface area contributed by atoms with Crippen LogP contribution in [0, 0.1) is 13.8 Å². The summed E-state index contributed by atoms with van der Waals surface area (Å²) in [5, 5.41) is 19.0. The van der Waals surface area contributed by atoms with Gasteiger partial charge in [-0.15, -0.1) is 16.4 Å². The number of carbonyl (C=O) groups excluding carboxylic acids is 1. The molecule has 2 aromatic heterocycles. The number of tetrazole rings is 1. The van der Waals surface area contributed by atoms with Crippen LogP contribution < -0.4 is 10.6 Å². The van der Waals surface area contributed by atoms with Gasteiger partial charge in [-0.1, -0.05) is 0 Å². The molecule has 2 N–H and O–H groups in total. The number of thiophene rings is 1. The Morgan fingerprint density at radius 3 is 2.67 bits per heavy atom. The van der Waals surface area contributed by atoms with Crippen molar-refractivity contribution >= 4 is 17.4 Å². The van der Waals surface area contributed by atoms with Gasteiger partial charge in [-0.25, -0.2) is 9.48 Å². The van der Waals surface area contributed by atoms with Gasteiger partial charge < -0.3 is 15.4 Å². The first-order valence-corrected chi connectivity index (χ1v) is 11.5. The Balaban J connectivity index is 1.59. The minimum absolute atomic E-state index is 0.0346. The Morgan fingerprint density at radius 1 is 1.37 bits per heavy atom. The van der Waals surface area contributed by atoms with E-state index in [1.165, 1.54) is 15.3 Å². The number of aryl methyl sites for hydroxylation is 3. The first-order valence-electron chi connectivity index (χ1n) is 10.7. The molecule has 1 unspecified atom stereocenters. The van der Waals surface area contributed by atoms with Gasteiger partial charge in [-0.3, -0.25) is 0 Å². The number of nitrogens with one attached hydrogen (secondary N) is 2. The van der Waals surface area contributed by atoms with Crippen LogP contribution in [0.25, 0.3) is 0 Å². The summed E-state index contributed by atoms with van der Waals surface area (Å²) in [6.07, 6.45) is 3.56. The van der Waals surface area contributed by atoms with Gasteiger partial charge in [0.2, 0.25) is 0 Å². The number of aromatic nitrogens is 4. The third kappa shape index (κ3) is 5.78. The van der Waals surface area contributed by atoms with Gasteiger partial charge in [0.1, 0.15) is 11.6 Å². The van der Waals surface area contributed by atoms with Gasteiger partial charge in [-0.2, -0.15) is 0 Å². The topological polar surface area (TPSA) is 94.0 Å². The van der Waals surface area contributed by atoms with E-state index in [0.29, 0.717) is 0 Å². The molecular formula is C21H34N6O2S. The van der Waals surface area contributed by atoms with Gasteiger partial charge in [0.25, 0.3) is 0 Å². The first-order chi connectivity index (χ1) is 14.1. The molecule has 1 fully saturated rings. The normalized spacial score (nSPS) is 16.3. The van der Waals surface area contributed by atoms with Crippen LogP contribution in [0.3, 0.4) is 0 Å². The molecule has 0 spiro atoms. The van der Waals surface area contributed by atoms with Crippen molar-refractivity contribution in [3.8, 4) is 0 Å². The molecule has 0 bridgehead atoms. The Bertz CT molecular complexity index is 865. The van der Waals surface area contributed by atoms with E-state index in [0.717, 1.165) is 44.6 Å². The number of hydrogen-bond donors (Lipinski definition) is 2. The summed E-state index contributed by atoms with van der Waals surface area (Å²) in [7, 11) is 0. The highest BCUT2D eigenvalue weighted by molar-refractivity contribution is 7.12. The lowest BCUT2D eigenvalue weighted by Crippen LogP contribution is -2.41. The van der Waals surface area contributed by atoms with Gasteiger partial charge in [0.15, 0.2) is 5.82 Å². The second-order valence-electron chi connectivity index (χ2n) is 9.16. The van der Waals surface area contributed by atoms with Crippen molar-refractivity contribution in [2.45, 2.75) is 91.0 Å². The second kappa shape index (κ2) is 9.01. The molecule has 1 amide bonds. The van der Waals surface area contributed by atoms with Gasteiger partial charge in [-0.05, 0) is 95.8 Å². The number of rotatable bonds is 9. The van der Waals surface area contributed by atoms with Crippen molar-refractivity contribution in [2.24, 2.45) is 0 Å². The Morgan fingerprint density at radius 2 is 2.10 bits per heavy atom. The quantitative estimate of drug-likeness (QED) is 0.582. The fourth-order valence-electron chi connectivity index (χ4n) is 3.67. The van der Waals surface area contributed by atoms with Crippen LogP contribution in [0.2, 0.25) is 0 Å². The van der Waals surface area contributed by atoms with E-state index >= 15 is 0 Å². The van der Waals surface area contributed by atoms with Crippen molar-refractivity contribution in [3.05, 3.63) is 27.2 Å². The summed E-state index contributed by atoms with van der Waals surface area (Å²) in [6, 6.07) is 2.17. The summed E-state index contributed by atoms with van der Waals surface area (Å²) in [6.45, 7) is 13.5. The molecule has 2 aromatic rings. The molecule has 8 nitrogen and oxygen atoms in total. The third-order valence-electron chi connectivity index (χ3n) is 5.26. The fraction of sp³-hybridized carbons (Fsp3) is 0.714. The molecule has 2 heterocycles. The van der Waals surface area contributed by atoms with Gasteiger partial charge in [0.05, 0.1) is 0 Å². The average molecular weight is 435 g/mol. The maximum absolute atomic E-state index is 12.1. The largest absolute Gasteiger partial charge is 0.444 e. The summed E-state index contributed by atoms with van der Waals surface area (Å²) >= 11 is 1.78. The zero-order valence-electron chi connectivity index (χ0n) is 18.9. The molecule has 30 heavy (non-hydrogen) atoms. The van der Waals surface area contributed by atoms with Crippen molar-refractivity contribution in [1.29, 1.82) is 0 Å². The Hall–Kier alpha value is -2.00. The monoisotopic (exact) mass is 434 g/mol. The van der Waals surface area contributed by atoms with Crippen LogP contribution in [0.15, 0.2) is 6.07 Å². The second-order valence-corrected chi connectivity index (χ2v) is 10.4. The molecule has 9 heteroatoms. The standard InChI is InChI=1S/C21H34N6O2S/c1-7-27-18(24-25-26-27)16(17-14(2)13-15(3)30-17)22-12-8-9-21(10-11-21)23-19(28)29-20(4,5)6/h13,16,22H,7-12H2,1-6H3,(H,23,28). The Labute approximate surface area is 182 Å². The summed E-state index contributed by atoms with van der Waals surface area (Å²) in [5.41, 5.74) is 0.667. The van der Waals surface area contributed by atoms with Crippen LogP contribution in [-0.2, 0) is 11.3 Å². The van der Waals surface area contributed by atoms with E-state index in [1.807, 2.05) is 32.4 Å². The number of carbonyl (C=O) groups is 1. The summed E-state index contributed by atoms with van der Waals surface area (Å²) < 4.78 is 7.26. The average Bonchev–Trinajstić information content (AvgIpc) is 3.07. The van der Waals surface area contributed by atoms with E-state index in [4.69, 9.17) is 4.74 Å². The van der Waals surface area contributed by atoms with Crippen molar-refractivity contribution in [1.82, 2.24) is 30.8 Å². The van der Waals surface area contributed by atoms with Crippen LogP contribution in [0.5, 0.6) is 0 Å². The molecule has 0 aromatic carbocycles. The van der Waals surface area contributed by atoms with Crippen LogP contribution >= 0.6 is 11.3 Å². The predicted octanol–water partition coefficient (Wildman–Crippen LogP) is 3.89. The van der Waals surface area contributed by atoms with Crippen molar-refractivity contribution in [3.63, 3.8) is 0 Å². The summed E-state index contributed by atoms with van der Waals surface area (Å²) in [5.74, 6) is 0.843. The van der Waals surface area contributed by atoms with E-state index in [1.54, 1.807) is 11.3 Å². The van der Waals surface area contributed by atoms with Crippen LogP contribution in [-0.4, -0.2) is 44.0 Å². The van der Waals surface area contributed by atoms with Gasteiger partial charge >= 0.3 is 6.09 Å². The molecule has 3 rings (SSSR count). The molecule has 1 saturated carbocycles. The molecule has 166 valence electrons. The Kier molecular flexibility index (Phi) is 6.81. The lowest BCUT2D eigenvalue weighted by atomic mass is 10.1. The van der Waals surface area contributed by atoms with E-state index < -0.39 is 5.60 Å². The smallest absolute Gasteiger partial charge is 0.408 e. The molecule has 1 atom stereocenters. The predicted molar refractivity (Wildman–Crippen MR) is 118 cm³/mol. The number of ether oxygens (including phenoxy) is 1. The third-order valence-corrected chi connectivity index (χ3v) is 6.48. The minimum Gasteiger partial charge on any atom is -0.444 e. The zero-order valence-corrected chi connectivity index (χ0v) is 19.7. The molecular weight excluding hydrogens is 400 g/mol. The molecule has 0 saturated heterocycles. The molecule has 0 aliphatic heterocycles. The van der Waals surface area contributed by atoms with Crippen LogP contribution in [0.1, 0.15) is 80.6 Å². The van der Waals surface area contributed by atoms with Crippen molar-refractivity contribution < 1.29 is 9.53 Å². The first kappa shape index (κ1) is 22.7. The number of amides is 1. The molecule has 1 aliphatic carbocycles. The highest BCUT2D eigenvalue weighted by Crippen LogP contribution is 2.40. The maximum Gasteiger partial charge on any atom is 0.408 e. The number of alkyl carbamates (subject to hydrolysis) is 1. The number of nitrogens with zero attached hydrogens (tertiary/aromatic N) is 4. The van der Waals surface area contributed by atoms with E-state index in [2.05, 4.69) is 46.1 Å².